The molecule has 0 fully saturated rings. The number of anilines is 6. The lowest BCUT2D eigenvalue weighted by Gasteiger charge is -2.34. The van der Waals surface area contributed by atoms with Gasteiger partial charge < -0.3 is 9.80 Å². The van der Waals surface area contributed by atoms with Gasteiger partial charge in [-0.3, -0.25) is 0 Å². The van der Waals surface area contributed by atoms with Crippen LogP contribution in [0.25, 0.3) is 21.5 Å². The maximum absolute atomic E-state index is 4.62. The van der Waals surface area contributed by atoms with Crippen molar-refractivity contribution in [3.8, 4) is 0 Å². The predicted molar refractivity (Wildman–Crippen MR) is 286 cm³/mol. The van der Waals surface area contributed by atoms with E-state index in [1.807, 2.05) is 0 Å². The zero-order valence-corrected chi connectivity index (χ0v) is 41.6. The Morgan fingerprint density at radius 3 is 1.39 bits per heavy atom. The summed E-state index contributed by atoms with van der Waals surface area (Å²) >= 11 is 1.79. The molecule has 0 radical (unpaired) electrons. The second kappa shape index (κ2) is 17.5. The minimum atomic E-state index is -1.01. The summed E-state index contributed by atoms with van der Waals surface area (Å²) in [7, 11) is -1.24. The third kappa shape index (κ3) is 9.30. The molecule has 2 atom stereocenters. The van der Waals surface area contributed by atoms with Gasteiger partial charge in [0.2, 0.25) is 0 Å². The van der Waals surface area contributed by atoms with E-state index in [-0.39, 0.29) is 31.8 Å². The average Bonchev–Trinajstić information content (AvgIpc) is 3.22. The van der Waals surface area contributed by atoms with Crippen LogP contribution in [-0.4, -0.2) is 48.8 Å². The van der Waals surface area contributed by atoms with E-state index in [0.29, 0.717) is 0 Å². The second-order valence-corrected chi connectivity index (χ2v) is 27.6. The molecule has 0 bridgehead atoms. The Balaban J connectivity index is 1.55. The minimum absolute atomic E-state index is 0.0974. The van der Waals surface area contributed by atoms with Crippen LogP contribution in [0.1, 0.15) is 59.6 Å². The SMILES string of the molecule is C=S(C)c1cc(SC)cc(N(c2ccccc2)c2ccc3c(C(C)(C)C)c4cc(N(c5ccccc5)c5cc(S(=C)CC)cc(S(C)(C)C)c5)ccc4c(C(C)(C)C)c3c2)c1. The molecule has 0 N–H and O–H groups in total. The fourth-order valence-corrected chi connectivity index (χ4v) is 11.7. The Bertz CT molecular complexity index is 2770. The Hall–Kier alpha value is -4.20. The molecule has 0 aliphatic carbocycles. The molecule has 7 rings (SSSR count). The molecule has 0 saturated heterocycles. The molecule has 2 unspecified atom stereocenters. The van der Waals surface area contributed by atoms with Crippen molar-refractivity contribution in [2.75, 3.05) is 46.8 Å². The van der Waals surface area contributed by atoms with Gasteiger partial charge in [-0.25, -0.2) is 10.0 Å². The molecule has 0 spiro atoms. The van der Waals surface area contributed by atoms with Crippen molar-refractivity contribution in [2.45, 2.75) is 78.9 Å². The van der Waals surface area contributed by atoms with Gasteiger partial charge in [0.05, 0.1) is 0 Å². The van der Waals surface area contributed by atoms with Crippen molar-refractivity contribution >= 4 is 110 Å². The molecule has 61 heavy (non-hydrogen) atoms. The van der Waals surface area contributed by atoms with Crippen molar-refractivity contribution < 1.29 is 0 Å². The Morgan fingerprint density at radius 1 is 0.525 bits per heavy atom. The van der Waals surface area contributed by atoms with Gasteiger partial charge in [-0.2, -0.15) is 21.0 Å². The van der Waals surface area contributed by atoms with Crippen LogP contribution in [0, 0.1) is 0 Å². The average molecular weight is 881 g/mol. The van der Waals surface area contributed by atoms with E-state index in [9.17, 15) is 0 Å². The highest BCUT2D eigenvalue weighted by atomic mass is 32.3. The first-order valence-corrected chi connectivity index (χ1v) is 28.5. The summed E-state index contributed by atoms with van der Waals surface area (Å²) in [6.07, 6.45) is 11.6. The summed E-state index contributed by atoms with van der Waals surface area (Å²) in [6.45, 7) is 16.5. The van der Waals surface area contributed by atoms with Crippen molar-refractivity contribution in [2.24, 2.45) is 0 Å². The topological polar surface area (TPSA) is 6.48 Å². The summed E-state index contributed by atoms with van der Waals surface area (Å²) in [5, 5.41) is 5.23. The standard InChI is InChI=1S/C55H64N2S4/c1-15-60(11)46-32-43(33-47(37-46)61(12,13)14)57(39-24-20-17-21-25-39)41-27-29-49-51(35-41)53(55(5,6)7)48-28-26-40(34-50(48)52(49)54(2,3)4)56(38-22-18-16-19-23-38)42-30-44(58-8)36-45(31-42)59(9)10/h16-37H,9,11,15H2,1-8,10,12-14H3. The van der Waals surface area contributed by atoms with E-state index in [0.717, 1.165) is 34.2 Å². The van der Waals surface area contributed by atoms with Crippen LogP contribution in [-0.2, 0) is 10.8 Å². The summed E-state index contributed by atoms with van der Waals surface area (Å²) in [6, 6.07) is 50.4. The highest BCUT2D eigenvalue weighted by Gasteiger charge is 2.29. The van der Waals surface area contributed by atoms with Gasteiger partial charge in [-0.15, -0.1) is 11.8 Å². The highest BCUT2D eigenvalue weighted by molar-refractivity contribution is 8.32. The lowest BCUT2D eigenvalue weighted by Crippen LogP contribution is -2.19. The second-order valence-electron chi connectivity index (χ2n) is 18.8. The molecule has 7 aromatic rings. The molecule has 2 nitrogen and oxygen atoms in total. The van der Waals surface area contributed by atoms with Gasteiger partial charge in [0.25, 0.3) is 0 Å². The monoisotopic (exact) mass is 880 g/mol. The smallest absolute Gasteiger partial charge is 0.0483 e. The van der Waals surface area contributed by atoms with Crippen molar-refractivity contribution in [3.63, 3.8) is 0 Å². The van der Waals surface area contributed by atoms with Crippen molar-refractivity contribution in [3.05, 3.63) is 145 Å². The third-order valence-corrected chi connectivity index (χ3v) is 16.4. The molecule has 0 saturated carbocycles. The van der Waals surface area contributed by atoms with Crippen LogP contribution in [0.5, 0.6) is 0 Å². The van der Waals surface area contributed by atoms with Crippen LogP contribution >= 0.6 is 42.8 Å². The van der Waals surface area contributed by atoms with E-state index in [1.165, 1.54) is 57.9 Å². The molecule has 0 aliphatic heterocycles. The minimum Gasteiger partial charge on any atom is -0.310 e. The molecular weight excluding hydrogens is 817 g/mol. The van der Waals surface area contributed by atoms with Crippen LogP contribution in [0.4, 0.5) is 34.1 Å². The highest BCUT2D eigenvalue weighted by Crippen LogP contribution is 2.52. The molecule has 0 amide bonds. The van der Waals surface area contributed by atoms with E-state index in [1.54, 1.807) is 11.8 Å². The van der Waals surface area contributed by atoms with Crippen molar-refractivity contribution in [1.82, 2.24) is 0 Å². The quantitative estimate of drug-likeness (QED) is 0.0726. The van der Waals surface area contributed by atoms with Crippen LogP contribution < -0.4 is 9.80 Å². The number of hydrogen-bond donors (Lipinski definition) is 0. The van der Waals surface area contributed by atoms with Crippen LogP contribution in [0.15, 0.2) is 153 Å². The zero-order chi connectivity index (χ0) is 44.0. The summed E-state index contributed by atoms with van der Waals surface area (Å²) in [5.74, 6) is 10.1. The van der Waals surface area contributed by atoms with E-state index < -0.39 is 10.0 Å². The fraction of sp³-hybridized carbons (Fsp3) is 0.273. The summed E-state index contributed by atoms with van der Waals surface area (Å²) in [4.78, 5) is 10.1. The molecule has 0 heterocycles. The largest absolute Gasteiger partial charge is 0.310 e. The first-order valence-electron chi connectivity index (χ1n) is 21.0. The Labute approximate surface area is 378 Å². The molecule has 6 heteroatoms. The van der Waals surface area contributed by atoms with Gasteiger partial charge in [-0.05, 0) is 170 Å². The maximum Gasteiger partial charge on any atom is 0.0483 e. The number of hydrogen-bond acceptors (Lipinski definition) is 3. The predicted octanol–water partition coefficient (Wildman–Crippen LogP) is 17.1. The molecule has 7 aromatic carbocycles. The normalized spacial score (nSPS) is 13.6. The molecule has 318 valence electrons. The van der Waals surface area contributed by atoms with Crippen LogP contribution in [0.2, 0.25) is 0 Å². The lowest BCUT2D eigenvalue weighted by molar-refractivity contribution is 0.593. The molecular formula is C55H64N2S4. The number of thioether (sulfide) groups is 1. The van der Waals surface area contributed by atoms with E-state index >= 15 is 0 Å². The maximum atomic E-state index is 4.62. The first-order chi connectivity index (χ1) is 28.8. The summed E-state index contributed by atoms with van der Waals surface area (Å²) < 4.78 is 0. The number of fused-ring (bicyclic) bond motifs is 2. The number of benzene rings is 7. The summed E-state index contributed by atoms with van der Waals surface area (Å²) in [5.41, 5.74) is 9.38. The first kappa shape index (κ1) is 44.8. The van der Waals surface area contributed by atoms with Crippen LogP contribution in [0.3, 0.4) is 0 Å². The number of rotatable bonds is 11. The fourth-order valence-electron chi connectivity index (χ4n) is 8.52. The van der Waals surface area contributed by atoms with Gasteiger partial charge in [0.1, 0.15) is 0 Å². The van der Waals surface area contributed by atoms with E-state index in [4.69, 9.17) is 0 Å². The third-order valence-electron chi connectivity index (χ3n) is 11.4. The number of nitrogens with zero attached hydrogens (tertiary/aromatic N) is 2. The van der Waals surface area contributed by atoms with Gasteiger partial charge in [0, 0.05) is 48.8 Å². The van der Waals surface area contributed by atoms with E-state index in [2.05, 4.69) is 235 Å². The molecule has 0 aliphatic rings. The van der Waals surface area contributed by atoms with Gasteiger partial charge in [0.15, 0.2) is 0 Å². The Kier molecular flexibility index (Phi) is 12.9. The van der Waals surface area contributed by atoms with Crippen molar-refractivity contribution in [1.29, 1.82) is 0 Å². The number of para-hydroxylation sites is 2. The van der Waals surface area contributed by atoms with Gasteiger partial charge in [-0.1, -0.05) is 109 Å². The van der Waals surface area contributed by atoms with Gasteiger partial charge >= 0.3 is 0 Å². The Morgan fingerprint density at radius 2 is 0.984 bits per heavy atom. The zero-order valence-electron chi connectivity index (χ0n) is 38.4. The lowest BCUT2D eigenvalue weighted by atomic mass is 9.74. The molecule has 0 aromatic heterocycles.